The number of esters is 1. The molecule has 1 aromatic heterocycles. The Morgan fingerprint density at radius 3 is 2.47 bits per heavy atom. The van der Waals surface area contributed by atoms with Gasteiger partial charge < -0.3 is 10.1 Å². The van der Waals surface area contributed by atoms with Gasteiger partial charge in [-0.25, -0.2) is 13.9 Å². The second-order valence-electron chi connectivity index (χ2n) is 6.82. The third-order valence-corrected chi connectivity index (χ3v) is 4.55. The third-order valence-electron chi connectivity index (χ3n) is 4.55. The number of hydrogen-bond donors (Lipinski definition) is 1. The number of nitrogens with zero attached hydrogens (tertiary/aromatic N) is 2. The number of nitrogens with one attached hydrogen (secondary N) is 1. The van der Waals surface area contributed by atoms with Crippen molar-refractivity contribution >= 4 is 28.3 Å². The first-order valence-corrected chi connectivity index (χ1v) is 9.68. The predicted octanol–water partition coefficient (Wildman–Crippen LogP) is 3.52. The largest absolute Gasteiger partial charge is 0.448 e. The molecule has 8 heteroatoms. The molecular formula is C22H22FN3O4. The zero-order valence-corrected chi connectivity index (χ0v) is 16.7. The number of amides is 1. The fourth-order valence-electron chi connectivity index (χ4n) is 2.89. The summed E-state index contributed by atoms with van der Waals surface area (Å²) in [6.07, 6.45) is 0.469. The number of rotatable bonds is 7. The summed E-state index contributed by atoms with van der Waals surface area (Å²) < 4.78 is 19.5. The van der Waals surface area contributed by atoms with E-state index in [9.17, 15) is 18.8 Å². The second kappa shape index (κ2) is 9.30. The zero-order chi connectivity index (χ0) is 21.7. The smallest absolute Gasteiger partial charge is 0.360 e. The van der Waals surface area contributed by atoms with E-state index in [0.29, 0.717) is 23.0 Å². The maximum atomic E-state index is 13.0. The number of carbonyl (C=O) groups excluding carboxylic acids is 2. The van der Waals surface area contributed by atoms with Crippen LogP contribution in [0.5, 0.6) is 0 Å². The lowest BCUT2D eigenvalue weighted by Gasteiger charge is -2.15. The van der Waals surface area contributed by atoms with Crippen LogP contribution in [0.15, 0.2) is 53.3 Å². The van der Waals surface area contributed by atoms with Crippen molar-refractivity contribution in [3.63, 3.8) is 0 Å². The standard InChI is InChI=1S/C22H22FN3O4/c1-3-4-13-26-21(28)18-8-6-5-7-17(18)19(25-26)22(29)30-14(2)20(27)24-16-11-9-15(23)10-12-16/h5-12,14H,3-4,13H2,1-2H3,(H,24,27)/t14-/m1/s1. The molecule has 2 aromatic carbocycles. The highest BCUT2D eigenvalue weighted by molar-refractivity contribution is 6.03. The molecule has 0 fully saturated rings. The molecule has 1 N–H and O–H groups in total. The number of carbonyl (C=O) groups is 2. The summed E-state index contributed by atoms with van der Waals surface area (Å²) in [6.45, 7) is 3.79. The van der Waals surface area contributed by atoms with Gasteiger partial charge in [0.15, 0.2) is 11.8 Å². The van der Waals surface area contributed by atoms with Crippen molar-refractivity contribution in [2.75, 3.05) is 5.32 Å². The first-order chi connectivity index (χ1) is 14.4. The highest BCUT2D eigenvalue weighted by Crippen LogP contribution is 2.16. The topological polar surface area (TPSA) is 90.3 Å². The molecule has 0 radical (unpaired) electrons. The molecule has 0 saturated carbocycles. The van der Waals surface area contributed by atoms with E-state index in [2.05, 4.69) is 10.4 Å². The van der Waals surface area contributed by atoms with Gasteiger partial charge in [-0.15, -0.1) is 0 Å². The number of unbranched alkanes of at least 4 members (excludes halogenated alkanes) is 1. The Bertz CT molecular complexity index is 1130. The average molecular weight is 411 g/mol. The number of fused-ring (bicyclic) bond motifs is 1. The highest BCUT2D eigenvalue weighted by Gasteiger charge is 2.23. The quantitative estimate of drug-likeness (QED) is 0.601. The molecule has 0 unspecified atom stereocenters. The van der Waals surface area contributed by atoms with E-state index in [0.717, 1.165) is 12.8 Å². The molecule has 7 nitrogen and oxygen atoms in total. The Hall–Kier alpha value is -3.55. The molecule has 3 aromatic rings. The molecule has 0 spiro atoms. The Balaban J connectivity index is 1.83. The fraction of sp³-hybridized carbons (Fsp3) is 0.273. The summed E-state index contributed by atoms with van der Waals surface area (Å²) in [7, 11) is 0. The van der Waals surface area contributed by atoms with Crippen molar-refractivity contribution < 1.29 is 18.7 Å². The van der Waals surface area contributed by atoms with Crippen LogP contribution in [0.2, 0.25) is 0 Å². The van der Waals surface area contributed by atoms with Gasteiger partial charge in [0.1, 0.15) is 5.82 Å². The van der Waals surface area contributed by atoms with E-state index in [-0.39, 0.29) is 11.3 Å². The maximum Gasteiger partial charge on any atom is 0.360 e. The van der Waals surface area contributed by atoms with Crippen LogP contribution in [0.1, 0.15) is 37.2 Å². The second-order valence-corrected chi connectivity index (χ2v) is 6.82. The van der Waals surface area contributed by atoms with Crippen LogP contribution >= 0.6 is 0 Å². The Morgan fingerprint density at radius 2 is 1.80 bits per heavy atom. The molecule has 1 amide bonds. The van der Waals surface area contributed by atoms with Gasteiger partial charge in [-0.1, -0.05) is 31.5 Å². The van der Waals surface area contributed by atoms with E-state index in [1.807, 2.05) is 6.92 Å². The van der Waals surface area contributed by atoms with Gasteiger partial charge in [0.25, 0.3) is 11.5 Å². The maximum absolute atomic E-state index is 13.0. The summed E-state index contributed by atoms with van der Waals surface area (Å²) in [4.78, 5) is 37.7. The van der Waals surface area contributed by atoms with Gasteiger partial charge in [0.2, 0.25) is 0 Å². The molecule has 0 aliphatic heterocycles. The Labute approximate surface area is 172 Å². The minimum absolute atomic E-state index is 0.0252. The van der Waals surface area contributed by atoms with Crippen LogP contribution < -0.4 is 10.9 Å². The van der Waals surface area contributed by atoms with Crippen LogP contribution in [0.3, 0.4) is 0 Å². The Morgan fingerprint density at radius 1 is 1.13 bits per heavy atom. The number of ether oxygens (including phenoxy) is 1. The minimum atomic E-state index is -1.13. The van der Waals surface area contributed by atoms with Crippen molar-refractivity contribution in [3.8, 4) is 0 Å². The molecule has 0 aliphatic carbocycles. The highest BCUT2D eigenvalue weighted by atomic mass is 19.1. The lowest BCUT2D eigenvalue weighted by atomic mass is 10.1. The number of hydrogen-bond acceptors (Lipinski definition) is 5. The molecule has 0 aliphatic rings. The predicted molar refractivity (Wildman–Crippen MR) is 111 cm³/mol. The summed E-state index contributed by atoms with van der Waals surface area (Å²) in [5.74, 6) is -1.81. The lowest BCUT2D eigenvalue weighted by Crippen LogP contribution is -2.32. The molecule has 3 rings (SSSR count). The summed E-state index contributed by atoms with van der Waals surface area (Å²) in [6, 6.07) is 11.9. The van der Waals surface area contributed by atoms with E-state index in [1.165, 1.54) is 35.9 Å². The minimum Gasteiger partial charge on any atom is -0.448 e. The van der Waals surface area contributed by atoms with Crippen molar-refractivity contribution in [2.45, 2.75) is 39.3 Å². The van der Waals surface area contributed by atoms with E-state index < -0.39 is 23.8 Å². The third kappa shape index (κ3) is 4.71. The SMILES string of the molecule is CCCCn1nc(C(=O)O[C@H](C)C(=O)Nc2ccc(F)cc2)c2ccccc2c1=O. The van der Waals surface area contributed by atoms with Crippen LogP contribution in [0.25, 0.3) is 10.8 Å². The molecular weight excluding hydrogens is 389 g/mol. The molecule has 30 heavy (non-hydrogen) atoms. The Kier molecular flexibility index (Phi) is 6.56. The first kappa shape index (κ1) is 21.2. The number of anilines is 1. The lowest BCUT2D eigenvalue weighted by molar-refractivity contribution is -0.123. The summed E-state index contributed by atoms with van der Waals surface area (Å²) in [5, 5.41) is 7.48. The molecule has 0 saturated heterocycles. The van der Waals surface area contributed by atoms with Gasteiger partial charge in [0.05, 0.1) is 5.39 Å². The number of aromatic nitrogens is 2. The monoisotopic (exact) mass is 411 g/mol. The average Bonchev–Trinajstić information content (AvgIpc) is 2.75. The van der Waals surface area contributed by atoms with Gasteiger partial charge in [-0.05, 0) is 43.7 Å². The normalized spacial score (nSPS) is 11.8. The van der Waals surface area contributed by atoms with Gasteiger partial charge >= 0.3 is 5.97 Å². The number of aryl methyl sites for hydroxylation is 1. The zero-order valence-electron chi connectivity index (χ0n) is 16.7. The van der Waals surface area contributed by atoms with Crippen molar-refractivity contribution in [2.24, 2.45) is 0 Å². The van der Waals surface area contributed by atoms with Crippen LogP contribution in [0.4, 0.5) is 10.1 Å². The number of halogens is 1. The van der Waals surface area contributed by atoms with E-state index in [4.69, 9.17) is 4.74 Å². The molecule has 0 bridgehead atoms. The van der Waals surface area contributed by atoms with Crippen LogP contribution in [-0.2, 0) is 16.1 Å². The number of benzene rings is 2. The van der Waals surface area contributed by atoms with E-state index in [1.54, 1.807) is 24.3 Å². The van der Waals surface area contributed by atoms with Crippen molar-refractivity contribution in [1.82, 2.24) is 9.78 Å². The van der Waals surface area contributed by atoms with Gasteiger partial charge in [-0.2, -0.15) is 5.10 Å². The van der Waals surface area contributed by atoms with Crippen LogP contribution in [0, 0.1) is 5.82 Å². The molecule has 1 atom stereocenters. The van der Waals surface area contributed by atoms with Gasteiger partial charge in [-0.3, -0.25) is 9.59 Å². The molecule has 156 valence electrons. The van der Waals surface area contributed by atoms with E-state index >= 15 is 0 Å². The summed E-state index contributed by atoms with van der Waals surface area (Å²) in [5.41, 5.74) is 0.0708. The fourth-order valence-corrected chi connectivity index (χ4v) is 2.89. The van der Waals surface area contributed by atoms with Crippen molar-refractivity contribution in [1.29, 1.82) is 0 Å². The van der Waals surface area contributed by atoms with Gasteiger partial charge in [0, 0.05) is 17.6 Å². The first-order valence-electron chi connectivity index (χ1n) is 9.68. The van der Waals surface area contributed by atoms with Crippen molar-refractivity contribution in [3.05, 3.63) is 70.4 Å². The summed E-state index contributed by atoms with van der Waals surface area (Å²) >= 11 is 0. The molecule has 1 heterocycles. The van der Waals surface area contributed by atoms with Crippen LogP contribution in [-0.4, -0.2) is 27.8 Å².